The standard InChI is InChI=1S/C16H29N3O/c1-17-11-10-15-9-5-6-12-19(15)13-16(20)18(2)14-7-3-4-8-14/h7,15,17H,3-6,8-13H2,1-2H3. The first kappa shape index (κ1) is 15.5. The van der Waals surface area contributed by atoms with Gasteiger partial charge in [0, 0.05) is 18.8 Å². The van der Waals surface area contributed by atoms with Crippen LogP contribution in [0.25, 0.3) is 0 Å². The van der Waals surface area contributed by atoms with Crippen LogP contribution in [0.5, 0.6) is 0 Å². The van der Waals surface area contributed by atoms with E-state index in [1.54, 1.807) is 0 Å². The number of carbonyl (C=O) groups is 1. The molecule has 114 valence electrons. The smallest absolute Gasteiger partial charge is 0.240 e. The Kier molecular flexibility index (Phi) is 6.05. The third-order valence-electron chi connectivity index (χ3n) is 4.64. The second-order valence-electron chi connectivity index (χ2n) is 6.05. The van der Waals surface area contributed by atoms with Gasteiger partial charge in [-0.25, -0.2) is 0 Å². The molecule has 1 fully saturated rings. The maximum atomic E-state index is 12.4. The van der Waals surface area contributed by atoms with E-state index in [0.717, 1.165) is 32.4 Å². The molecule has 0 aromatic carbocycles. The number of nitrogens with zero attached hydrogens (tertiary/aromatic N) is 2. The van der Waals surface area contributed by atoms with Crippen LogP contribution in [0.15, 0.2) is 11.8 Å². The topological polar surface area (TPSA) is 35.6 Å². The van der Waals surface area contributed by atoms with E-state index in [2.05, 4.69) is 16.3 Å². The Labute approximate surface area is 123 Å². The van der Waals surface area contributed by atoms with Crippen LogP contribution in [-0.2, 0) is 4.79 Å². The lowest BCUT2D eigenvalue weighted by atomic mass is 9.99. The lowest BCUT2D eigenvalue weighted by molar-refractivity contribution is -0.130. The number of amides is 1. The van der Waals surface area contributed by atoms with Gasteiger partial charge in [-0.1, -0.05) is 12.5 Å². The molecule has 0 bridgehead atoms. The number of piperidine rings is 1. The third kappa shape index (κ3) is 4.06. The summed E-state index contributed by atoms with van der Waals surface area (Å²) in [4.78, 5) is 16.7. The molecule has 1 unspecified atom stereocenters. The highest BCUT2D eigenvalue weighted by Gasteiger charge is 2.26. The second-order valence-corrected chi connectivity index (χ2v) is 6.05. The number of rotatable bonds is 6. The Hall–Kier alpha value is -0.870. The molecule has 0 aromatic heterocycles. The van der Waals surface area contributed by atoms with Crippen LogP contribution < -0.4 is 5.32 Å². The maximum Gasteiger partial charge on any atom is 0.240 e. The summed E-state index contributed by atoms with van der Waals surface area (Å²) in [5, 5.41) is 3.23. The van der Waals surface area contributed by atoms with Crippen molar-refractivity contribution in [1.29, 1.82) is 0 Å². The minimum absolute atomic E-state index is 0.259. The normalized spacial score (nSPS) is 23.7. The van der Waals surface area contributed by atoms with Crippen molar-refractivity contribution in [2.45, 2.75) is 51.0 Å². The number of allylic oxidation sites excluding steroid dienone is 2. The molecule has 2 aliphatic rings. The summed E-state index contributed by atoms with van der Waals surface area (Å²) in [6.45, 7) is 2.70. The van der Waals surface area contributed by atoms with Crippen LogP contribution in [0.3, 0.4) is 0 Å². The van der Waals surface area contributed by atoms with Crippen molar-refractivity contribution in [3.8, 4) is 0 Å². The van der Waals surface area contributed by atoms with Gasteiger partial charge >= 0.3 is 0 Å². The van der Waals surface area contributed by atoms with E-state index < -0.39 is 0 Å². The average Bonchev–Trinajstić information content (AvgIpc) is 2.99. The van der Waals surface area contributed by atoms with Crippen LogP contribution >= 0.6 is 0 Å². The number of likely N-dealkylation sites (tertiary alicyclic amines) is 1. The van der Waals surface area contributed by atoms with Crippen molar-refractivity contribution < 1.29 is 4.79 Å². The fourth-order valence-electron chi connectivity index (χ4n) is 3.30. The summed E-state index contributed by atoms with van der Waals surface area (Å²) in [5.74, 6) is 0.259. The van der Waals surface area contributed by atoms with E-state index in [0.29, 0.717) is 12.6 Å². The molecule has 1 heterocycles. The highest BCUT2D eigenvalue weighted by Crippen LogP contribution is 2.22. The van der Waals surface area contributed by atoms with Crippen molar-refractivity contribution in [1.82, 2.24) is 15.1 Å². The van der Waals surface area contributed by atoms with E-state index >= 15 is 0 Å². The Bertz CT molecular complexity index is 354. The quantitative estimate of drug-likeness (QED) is 0.807. The zero-order chi connectivity index (χ0) is 14.4. The zero-order valence-corrected chi connectivity index (χ0v) is 13.0. The Balaban J connectivity index is 1.87. The molecule has 0 aromatic rings. The predicted octanol–water partition coefficient (Wildman–Crippen LogP) is 1.98. The largest absolute Gasteiger partial charge is 0.320 e. The van der Waals surface area contributed by atoms with Crippen LogP contribution in [-0.4, -0.2) is 55.5 Å². The molecule has 1 atom stereocenters. The van der Waals surface area contributed by atoms with Crippen molar-refractivity contribution in [3.63, 3.8) is 0 Å². The van der Waals surface area contributed by atoms with Gasteiger partial charge in [-0.05, 0) is 58.7 Å². The molecule has 1 N–H and O–H groups in total. The first-order valence-corrected chi connectivity index (χ1v) is 8.06. The van der Waals surface area contributed by atoms with Crippen LogP contribution in [0, 0.1) is 0 Å². The summed E-state index contributed by atoms with van der Waals surface area (Å²) in [7, 11) is 3.94. The first-order chi connectivity index (χ1) is 9.72. The second kappa shape index (κ2) is 7.79. The Morgan fingerprint density at radius 1 is 1.45 bits per heavy atom. The van der Waals surface area contributed by atoms with Crippen LogP contribution in [0.4, 0.5) is 0 Å². The van der Waals surface area contributed by atoms with Crippen LogP contribution in [0.1, 0.15) is 44.9 Å². The fraction of sp³-hybridized carbons (Fsp3) is 0.812. The molecular formula is C16H29N3O. The maximum absolute atomic E-state index is 12.4. The van der Waals surface area contributed by atoms with Gasteiger partial charge in [0.05, 0.1) is 6.54 Å². The molecule has 4 nitrogen and oxygen atoms in total. The van der Waals surface area contributed by atoms with Gasteiger partial charge < -0.3 is 10.2 Å². The first-order valence-electron chi connectivity index (χ1n) is 8.06. The highest BCUT2D eigenvalue weighted by molar-refractivity contribution is 5.79. The van der Waals surface area contributed by atoms with Gasteiger partial charge in [-0.3, -0.25) is 9.69 Å². The Morgan fingerprint density at radius 2 is 2.30 bits per heavy atom. The van der Waals surface area contributed by atoms with E-state index in [-0.39, 0.29) is 5.91 Å². The molecule has 1 aliphatic carbocycles. The van der Waals surface area contributed by atoms with Gasteiger partial charge in [-0.15, -0.1) is 0 Å². The minimum Gasteiger partial charge on any atom is -0.320 e. The SMILES string of the molecule is CNCCC1CCCCN1CC(=O)N(C)C1=CCCC1. The Morgan fingerprint density at radius 3 is 3.00 bits per heavy atom. The molecular weight excluding hydrogens is 250 g/mol. The van der Waals surface area contributed by atoms with Gasteiger partial charge in [0.25, 0.3) is 0 Å². The minimum atomic E-state index is 0.259. The summed E-state index contributed by atoms with van der Waals surface area (Å²) >= 11 is 0. The summed E-state index contributed by atoms with van der Waals surface area (Å²) in [5.41, 5.74) is 1.22. The van der Waals surface area contributed by atoms with Gasteiger partial charge in [-0.2, -0.15) is 0 Å². The molecule has 1 aliphatic heterocycles. The van der Waals surface area contributed by atoms with Gasteiger partial charge in [0.1, 0.15) is 0 Å². The fourth-order valence-corrected chi connectivity index (χ4v) is 3.30. The molecule has 0 saturated carbocycles. The third-order valence-corrected chi connectivity index (χ3v) is 4.64. The van der Waals surface area contributed by atoms with Gasteiger partial charge in [0.2, 0.25) is 5.91 Å². The lowest BCUT2D eigenvalue weighted by Crippen LogP contribution is -2.46. The van der Waals surface area contributed by atoms with Crippen molar-refractivity contribution in [3.05, 3.63) is 11.8 Å². The molecule has 1 amide bonds. The van der Waals surface area contributed by atoms with E-state index in [9.17, 15) is 4.79 Å². The van der Waals surface area contributed by atoms with E-state index in [1.165, 1.54) is 31.4 Å². The molecule has 4 heteroatoms. The molecule has 20 heavy (non-hydrogen) atoms. The highest BCUT2D eigenvalue weighted by atomic mass is 16.2. The van der Waals surface area contributed by atoms with Gasteiger partial charge in [0.15, 0.2) is 0 Å². The molecule has 2 rings (SSSR count). The van der Waals surface area contributed by atoms with E-state index in [1.807, 2.05) is 19.0 Å². The summed E-state index contributed by atoms with van der Waals surface area (Å²) < 4.78 is 0. The molecule has 0 spiro atoms. The van der Waals surface area contributed by atoms with Crippen LogP contribution in [0.2, 0.25) is 0 Å². The summed E-state index contributed by atoms with van der Waals surface area (Å²) in [6.07, 6.45) is 10.5. The predicted molar refractivity (Wildman–Crippen MR) is 82.5 cm³/mol. The average molecular weight is 279 g/mol. The molecule has 0 radical (unpaired) electrons. The van der Waals surface area contributed by atoms with Crippen molar-refractivity contribution in [2.24, 2.45) is 0 Å². The van der Waals surface area contributed by atoms with E-state index in [4.69, 9.17) is 0 Å². The number of likely N-dealkylation sites (N-methyl/N-ethyl adjacent to an activating group) is 1. The lowest BCUT2D eigenvalue weighted by Gasteiger charge is -2.36. The van der Waals surface area contributed by atoms with Crippen molar-refractivity contribution >= 4 is 5.91 Å². The molecule has 1 saturated heterocycles. The number of hydrogen-bond acceptors (Lipinski definition) is 3. The number of hydrogen-bond donors (Lipinski definition) is 1. The monoisotopic (exact) mass is 279 g/mol. The number of carbonyl (C=O) groups excluding carboxylic acids is 1. The number of nitrogens with one attached hydrogen (secondary N) is 1. The summed E-state index contributed by atoms with van der Waals surface area (Å²) in [6, 6.07) is 0.575. The van der Waals surface area contributed by atoms with Crippen molar-refractivity contribution in [2.75, 3.05) is 33.7 Å². The zero-order valence-electron chi connectivity index (χ0n) is 13.0.